The Morgan fingerprint density at radius 2 is 2.19 bits per heavy atom. The smallest absolute Gasteiger partial charge is 0.249 e. The normalized spacial score (nSPS) is 12.9. The lowest BCUT2D eigenvalue weighted by Gasteiger charge is -2.09. The molecule has 10 nitrogen and oxygen atoms in total. The number of aromatic nitrogens is 6. The molecule has 3 aromatic rings. The summed E-state index contributed by atoms with van der Waals surface area (Å²) >= 11 is 0. The molecule has 1 aliphatic rings. The molecule has 0 bridgehead atoms. The van der Waals surface area contributed by atoms with Gasteiger partial charge in [0.05, 0.1) is 18.6 Å². The number of rotatable bonds is 8. The zero-order valence-electron chi connectivity index (χ0n) is 17.2. The van der Waals surface area contributed by atoms with Gasteiger partial charge in [0.2, 0.25) is 11.7 Å². The average Bonchev–Trinajstić information content (AvgIpc) is 3.25. The predicted molar refractivity (Wildman–Crippen MR) is 112 cm³/mol. The van der Waals surface area contributed by atoms with Crippen molar-refractivity contribution in [3.63, 3.8) is 0 Å². The van der Waals surface area contributed by atoms with Crippen LogP contribution in [-0.2, 0) is 22.7 Å². The van der Waals surface area contributed by atoms with Crippen LogP contribution in [-0.4, -0.2) is 43.2 Å². The van der Waals surface area contributed by atoms with Gasteiger partial charge in [-0.25, -0.2) is 14.4 Å². The van der Waals surface area contributed by atoms with Gasteiger partial charge < -0.3 is 14.8 Å². The summed E-state index contributed by atoms with van der Waals surface area (Å²) in [6.07, 6.45) is 8.94. The van der Waals surface area contributed by atoms with E-state index in [9.17, 15) is 9.18 Å². The summed E-state index contributed by atoms with van der Waals surface area (Å²) in [6.45, 7) is 0.00703. The minimum Gasteiger partial charge on any atom is -0.496 e. The molecule has 2 heterocycles. The van der Waals surface area contributed by atoms with Crippen LogP contribution >= 0.6 is 0 Å². The highest BCUT2D eigenvalue weighted by Gasteiger charge is 2.13. The highest BCUT2D eigenvalue weighted by molar-refractivity contribution is 5.90. The standard InChI is InChI=1S/C21H20FN7O3/c1-31-18-8-7-14(22)9-16(18)17-10-19(24-13-23-17)25-21(30)11-29-27-20(26-28-29)12-32-15-5-3-2-4-6-15/h2-3,5,7-10,13H,4,6,11-12H2,1H3,(H,23,24,25,30). The van der Waals surface area contributed by atoms with Crippen LogP contribution in [0, 0.1) is 5.82 Å². The maximum absolute atomic E-state index is 13.7. The van der Waals surface area contributed by atoms with Crippen LogP contribution in [0.5, 0.6) is 5.75 Å². The van der Waals surface area contributed by atoms with Crippen LogP contribution in [0.4, 0.5) is 10.2 Å². The van der Waals surface area contributed by atoms with Gasteiger partial charge in [0.25, 0.3) is 0 Å². The molecular weight excluding hydrogens is 417 g/mol. The number of halogens is 1. The number of amides is 1. The van der Waals surface area contributed by atoms with E-state index in [2.05, 4.69) is 36.8 Å². The number of carbonyl (C=O) groups excluding carboxylic acids is 1. The van der Waals surface area contributed by atoms with Gasteiger partial charge in [-0.15, -0.1) is 10.2 Å². The highest BCUT2D eigenvalue weighted by atomic mass is 19.1. The second kappa shape index (κ2) is 9.77. The molecule has 32 heavy (non-hydrogen) atoms. The van der Waals surface area contributed by atoms with Crippen LogP contribution in [0.1, 0.15) is 18.7 Å². The van der Waals surface area contributed by atoms with Crippen molar-refractivity contribution in [3.05, 3.63) is 66.2 Å². The number of tetrazole rings is 1. The van der Waals surface area contributed by atoms with Crippen LogP contribution in [0.15, 0.2) is 54.6 Å². The minimum atomic E-state index is -0.432. The van der Waals surface area contributed by atoms with Crippen molar-refractivity contribution in [1.82, 2.24) is 30.2 Å². The summed E-state index contributed by atoms with van der Waals surface area (Å²) in [4.78, 5) is 21.7. The van der Waals surface area contributed by atoms with Crippen molar-refractivity contribution in [1.29, 1.82) is 0 Å². The minimum absolute atomic E-state index is 0.166. The molecule has 0 saturated carbocycles. The largest absolute Gasteiger partial charge is 0.496 e. The van der Waals surface area contributed by atoms with Gasteiger partial charge in [0.15, 0.2) is 6.61 Å². The summed E-state index contributed by atoms with van der Waals surface area (Å²) in [5.41, 5.74) is 0.841. The van der Waals surface area contributed by atoms with Gasteiger partial charge in [-0.1, -0.05) is 12.2 Å². The molecule has 0 atom stereocenters. The van der Waals surface area contributed by atoms with Gasteiger partial charge in [-0.3, -0.25) is 4.79 Å². The van der Waals surface area contributed by atoms with E-state index in [-0.39, 0.29) is 19.0 Å². The Bertz CT molecular complexity index is 1180. The second-order valence-electron chi connectivity index (χ2n) is 6.81. The number of nitrogens with one attached hydrogen (secondary N) is 1. The topological polar surface area (TPSA) is 117 Å². The van der Waals surface area contributed by atoms with Gasteiger partial charge in [0, 0.05) is 18.1 Å². The second-order valence-corrected chi connectivity index (χ2v) is 6.81. The lowest BCUT2D eigenvalue weighted by atomic mass is 10.1. The molecule has 4 rings (SSSR count). The summed E-state index contributed by atoms with van der Waals surface area (Å²) in [6, 6.07) is 5.62. The van der Waals surface area contributed by atoms with Crippen molar-refractivity contribution in [2.75, 3.05) is 12.4 Å². The molecule has 1 amide bonds. The van der Waals surface area contributed by atoms with Gasteiger partial charge in [-0.2, -0.15) is 4.80 Å². The van der Waals surface area contributed by atoms with Crippen molar-refractivity contribution in [3.8, 4) is 17.0 Å². The van der Waals surface area contributed by atoms with E-state index in [4.69, 9.17) is 9.47 Å². The first-order valence-corrected chi connectivity index (χ1v) is 9.81. The van der Waals surface area contributed by atoms with Crippen molar-refractivity contribution < 1.29 is 18.7 Å². The quantitative estimate of drug-likeness (QED) is 0.572. The average molecular weight is 437 g/mol. The van der Waals surface area contributed by atoms with Crippen LogP contribution in [0.2, 0.25) is 0 Å². The number of hydrogen-bond donors (Lipinski definition) is 1. The lowest BCUT2D eigenvalue weighted by Crippen LogP contribution is -2.21. The number of allylic oxidation sites excluding steroid dienone is 4. The maximum atomic E-state index is 13.7. The Morgan fingerprint density at radius 1 is 1.28 bits per heavy atom. The zero-order valence-corrected chi connectivity index (χ0v) is 17.2. The number of anilines is 1. The maximum Gasteiger partial charge on any atom is 0.249 e. The third-order valence-corrected chi connectivity index (χ3v) is 4.51. The summed E-state index contributed by atoms with van der Waals surface area (Å²) in [5, 5.41) is 14.6. The van der Waals surface area contributed by atoms with Crippen LogP contribution in [0.25, 0.3) is 11.3 Å². The number of ether oxygens (including phenoxy) is 2. The number of carbonyl (C=O) groups is 1. The van der Waals surface area contributed by atoms with E-state index in [1.165, 1.54) is 42.5 Å². The monoisotopic (exact) mass is 437 g/mol. The number of nitrogens with zero attached hydrogens (tertiary/aromatic N) is 6. The molecule has 0 aliphatic heterocycles. The van der Waals surface area contributed by atoms with Gasteiger partial charge >= 0.3 is 0 Å². The molecule has 164 valence electrons. The van der Waals surface area contributed by atoms with Crippen LogP contribution in [0.3, 0.4) is 0 Å². The van der Waals surface area contributed by atoms with Gasteiger partial charge in [-0.05, 0) is 35.9 Å². The molecule has 0 saturated heterocycles. The summed E-state index contributed by atoms with van der Waals surface area (Å²) in [5.74, 6) is 1.08. The Hall–Kier alpha value is -4.15. The number of hydrogen-bond acceptors (Lipinski definition) is 8. The molecule has 0 radical (unpaired) electrons. The van der Waals surface area contributed by atoms with E-state index in [0.717, 1.165) is 18.6 Å². The molecule has 1 aromatic carbocycles. The summed E-state index contributed by atoms with van der Waals surface area (Å²) < 4.78 is 24.6. The fourth-order valence-electron chi connectivity index (χ4n) is 3.02. The fourth-order valence-corrected chi connectivity index (χ4v) is 3.02. The molecule has 1 aliphatic carbocycles. The number of benzene rings is 1. The van der Waals surface area contributed by atoms with E-state index in [1.54, 1.807) is 0 Å². The van der Waals surface area contributed by atoms with Crippen molar-refractivity contribution in [2.45, 2.75) is 26.0 Å². The van der Waals surface area contributed by atoms with Crippen molar-refractivity contribution >= 4 is 11.7 Å². The first kappa shape index (κ1) is 21.1. The Morgan fingerprint density at radius 3 is 3.00 bits per heavy atom. The molecule has 1 N–H and O–H groups in total. The molecular formula is C21H20FN7O3. The number of methoxy groups -OCH3 is 1. The first-order valence-electron chi connectivity index (χ1n) is 9.81. The van der Waals surface area contributed by atoms with E-state index < -0.39 is 11.7 Å². The molecule has 11 heteroatoms. The first-order chi connectivity index (χ1) is 15.6. The van der Waals surface area contributed by atoms with E-state index in [1.807, 2.05) is 12.2 Å². The predicted octanol–water partition coefficient (Wildman–Crippen LogP) is 2.67. The van der Waals surface area contributed by atoms with E-state index in [0.29, 0.717) is 22.8 Å². The van der Waals surface area contributed by atoms with Crippen molar-refractivity contribution in [2.24, 2.45) is 0 Å². The molecule has 0 unspecified atom stereocenters. The molecule has 2 aromatic heterocycles. The van der Waals surface area contributed by atoms with Crippen LogP contribution < -0.4 is 10.1 Å². The summed E-state index contributed by atoms with van der Waals surface area (Å²) in [7, 11) is 1.48. The SMILES string of the molecule is COc1ccc(F)cc1-c1cc(NC(=O)Cn2nnc(COC3=CC=CCC3)n2)ncn1. The molecule has 0 fully saturated rings. The Balaban J connectivity index is 1.37. The van der Waals surface area contributed by atoms with E-state index >= 15 is 0 Å². The fraction of sp³-hybridized carbons (Fsp3) is 0.238. The Labute approximate surface area is 182 Å². The molecule has 0 spiro atoms. The third-order valence-electron chi connectivity index (χ3n) is 4.51. The zero-order chi connectivity index (χ0) is 22.3. The lowest BCUT2D eigenvalue weighted by molar-refractivity contribution is -0.117. The highest BCUT2D eigenvalue weighted by Crippen LogP contribution is 2.29. The third kappa shape index (κ3) is 5.31. The van der Waals surface area contributed by atoms with Gasteiger partial charge in [0.1, 0.15) is 30.3 Å². The Kier molecular flexibility index (Phi) is 6.44.